The van der Waals surface area contributed by atoms with Crippen molar-refractivity contribution in [1.29, 1.82) is 0 Å². The number of rotatable bonds is 1. The van der Waals surface area contributed by atoms with Crippen molar-refractivity contribution < 1.29 is 4.39 Å². The molecule has 0 spiro atoms. The first kappa shape index (κ1) is 13.9. The molecule has 0 saturated carbocycles. The van der Waals surface area contributed by atoms with Crippen LogP contribution in [0.5, 0.6) is 0 Å². The van der Waals surface area contributed by atoms with Crippen LogP contribution in [0.15, 0.2) is 24.3 Å². The second-order valence-electron chi connectivity index (χ2n) is 5.61. The maximum Gasteiger partial charge on any atom is 0.161 e. The number of hydrogen-bond donors (Lipinski definition) is 0. The fourth-order valence-electron chi connectivity index (χ4n) is 1.76. The molecule has 19 heavy (non-hydrogen) atoms. The van der Waals surface area contributed by atoms with Gasteiger partial charge in [-0.25, -0.2) is 14.4 Å². The van der Waals surface area contributed by atoms with E-state index in [0.717, 1.165) is 11.3 Å². The van der Waals surface area contributed by atoms with E-state index in [1.54, 1.807) is 12.1 Å². The van der Waals surface area contributed by atoms with Gasteiger partial charge in [0.2, 0.25) is 0 Å². The Hall–Kier alpha value is -1.48. The number of aromatic nitrogens is 2. The van der Waals surface area contributed by atoms with Crippen molar-refractivity contribution in [1.82, 2.24) is 9.97 Å². The Morgan fingerprint density at radius 2 is 1.79 bits per heavy atom. The Morgan fingerprint density at radius 3 is 2.42 bits per heavy atom. The first-order valence-electron chi connectivity index (χ1n) is 6.09. The number of benzene rings is 1. The normalized spacial score (nSPS) is 11.7. The van der Waals surface area contributed by atoms with Crippen LogP contribution in [0.2, 0.25) is 5.15 Å². The molecule has 0 saturated heterocycles. The number of halogens is 2. The van der Waals surface area contributed by atoms with Crippen molar-refractivity contribution in [2.24, 2.45) is 0 Å². The highest BCUT2D eigenvalue weighted by atomic mass is 35.5. The third-order valence-electron chi connectivity index (χ3n) is 2.90. The summed E-state index contributed by atoms with van der Waals surface area (Å²) in [4.78, 5) is 8.72. The molecule has 0 bridgehead atoms. The van der Waals surface area contributed by atoms with Gasteiger partial charge in [0.1, 0.15) is 11.0 Å². The van der Waals surface area contributed by atoms with Gasteiger partial charge in [-0.3, -0.25) is 0 Å². The molecule has 0 unspecified atom stereocenters. The monoisotopic (exact) mass is 278 g/mol. The molecular formula is C15H16ClFN2. The number of nitrogens with zero attached hydrogens (tertiary/aromatic N) is 2. The molecule has 1 aromatic carbocycles. The van der Waals surface area contributed by atoms with E-state index in [2.05, 4.69) is 9.97 Å². The summed E-state index contributed by atoms with van der Waals surface area (Å²) in [7, 11) is 0. The molecule has 1 aromatic heterocycles. The molecule has 2 aromatic rings. The minimum absolute atomic E-state index is 0.136. The minimum Gasteiger partial charge on any atom is -0.232 e. The highest BCUT2D eigenvalue weighted by Crippen LogP contribution is 2.27. The SMILES string of the molecule is Cc1ccc(F)cc1-c1nc(Cl)cc(C(C)(C)C)n1. The third kappa shape index (κ3) is 3.10. The molecule has 100 valence electrons. The summed E-state index contributed by atoms with van der Waals surface area (Å²) in [6.07, 6.45) is 0. The van der Waals surface area contributed by atoms with Gasteiger partial charge in [0.15, 0.2) is 5.82 Å². The van der Waals surface area contributed by atoms with Crippen LogP contribution in [-0.4, -0.2) is 9.97 Å². The topological polar surface area (TPSA) is 25.8 Å². The quantitative estimate of drug-likeness (QED) is 0.716. The van der Waals surface area contributed by atoms with Crippen molar-refractivity contribution in [2.45, 2.75) is 33.1 Å². The van der Waals surface area contributed by atoms with E-state index >= 15 is 0 Å². The predicted octanol–water partition coefficient (Wildman–Crippen LogP) is 4.54. The van der Waals surface area contributed by atoms with E-state index in [4.69, 9.17) is 11.6 Å². The minimum atomic E-state index is -0.304. The molecule has 0 aliphatic rings. The van der Waals surface area contributed by atoms with Crippen LogP contribution in [-0.2, 0) is 5.41 Å². The van der Waals surface area contributed by atoms with Gasteiger partial charge in [-0.2, -0.15) is 0 Å². The molecule has 0 fully saturated rings. The Morgan fingerprint density at radius 1 is 1.11 bits per heavy atom. The molecule has 0 radical (unpaired) electrons. The zero-order chi connectivity index (χ0) is 14.2. The van der Waals surface area contributed by atoms with Gasteiger partial charge in [0.05, 0.1) is 5.69 Å². The van der Waals surface area contributed by atoms with Crippen molar-refractivity contribution in [3.63, 3.8) is 0 Å². The Bertz CT molecular complexity index is 618. The molecule has 2 nitrogen and oxygen atoms in total. The van der Waals surface area contributed by atoms with E-state index in [1.165, 1.54) is 12.1 Å². The Labute approximate surface area is 117 Å². The van der Waals surface area contributed by atoms with Gasteiger partial charge in [-0.1, -0.05) is 38.4 Å². The lowest BCUT2D eigenvalue weighted by Gasteiger charge is -2.18. The van der Waals surface area contributed by atoms with E-state index in [1.807, 2.05) is 27.7 Å². The summed E-state index contributed by atoms with van der Waals surface area (Å²) in [5.74, 6) is 0.163. The van der Waals surface area contributed by atoms with Crippen LogP contribution in [0.3, 0.4) is 0 Å². The van der Waals surface area contributed by atoms with Crippen LogP contribution in [0.4, 0.5) is 4.39 Å². The van der Waals surface area contributed by atoms with Gasteiger partial charge < -0.3 is 0 Å². The van der Waals surface area contributed by atoms with E-state index in [0.29, 0.717) is 16.5 Å². The molecule has 4 heteroatoms. The van der Waals surface area contributed by atoms with Crippen LogP contribution >= 0.6 is 11.6 Å². The predicted molar refractivity (Wildman–Crippen MR) is 75.9 cm³/mol. The summed E-state index contributed by atoms with van der Waals surface area (Å²) >= 11 is 6.05. The van der Waals surface area contributed by atoms with Crippen molar-refractivity contribution in [2.75, 3.05) is 0 Å². The second-order valence-corrected chi connectivity index (χ2v) is 6.00. The summed E-state index contributed by atoms with van der Waals surface area (Å²) in [6.45, 7) is 8.05. The van der Waals surface area contributed by atoms with Gasteiger partial charge >= 0.3 is 0 Å². The smallest absolute Gasteiger partial charge is 0.161 e. The fraction of sp³-hybridized carbons (Fsp3) is 0.333. The summed E-state index contributed by atoms with van der Waals surface area (Å²) in [5, 5.41) is 0.374. The number of hydrogen-bond acceptors (Lipinski definition) is 2. The van der Waals surface area contributed by atoms with Crippen molar-refractivity contribution >= 4 is 11.6 Å². The summed E-state index contributed by atoms with van der Waals surface area (Å²) in [6, 6.07) is 6.33. The molecule has 0 atom stereocenters. The molecule has 0 amide bonds. The molecule has 0 aliphatic heterocycles. The Balaban J connectivity index is 2.63. The van der Waals surface area contributed by atoms with Crippen LogP contribution in [0.1, 0.15) is 32.0 Å². The zero-order valence-corrected chi connectivity index (χ0v) is 12.2. The first-order valence-corrected chi connectivity index (χ1v) is 6.47. The van der Waals surface area contributed by atoms with Crippen LogP contribution in [0.25, 0.3) is 11.4 Å². The summed E-state index contributed by atoms with van der Waals surface area (Å²) < 4.78 is 13.4. The van der Waals surface area contributed by atoms with Gasteiger partial charge in [-0.15, -0.1) is 0 Å². The molecular weight excluding hydrogens is 263 g/mol. The van der Waals surface area contributed by atoms with Crippen LogP contribution < -0.4 is 0 Å². The number of aryl methyl sites for hydroxylation is 1. The van der Waals surface area contributed by atoms with Crippen molar-refractivity contribution in [3.05, 3.63) is 46.5 Å². The van der Waals surface area contributed by atoms with Gasteiger partial charge in [0.25, 0.3) is 0 Å². The zero-order valence-electron chi connectivity index (χ0n) is 11.5. The molecule has 1 heterocycles. The van der Waals surface area contributed by atoms with E-state index in [9.17, 15) is 4.39 Å². The highest BCUT2D eigenvalue weighted by molar-refractivity contribution is 6.29. The standard InChI is InChI=1S/C15H16ClFN2/c1-9-5-6-10(17)7-11(9)14-18-12(15(2,3)4)8-13(16)19-14/h5-8H,1-4H3. The second kappa shape index (κ2) is 4.89. The lowest BCUT2D eigenvalue weighted by Crippen LogP contribution is -2.14. The lowest BCUT2D eigenvalue weighted by atomic mass is 9.92. The molecule has 0 aliphatic carbocycles. The maximum atomic E-state index is 13.4. The lowest BCUT2D eigenvalue weighted by molar-refractivity contribution is 0.568. The van der Waals surface area contributed by atoms with Crippen molar-refractivity contribution in [3.8, 4) is 11.4 Å². The first-order chi connectivity index (χ1) is 8.77. The summed E-state index contributed by atoms with van der Waals surface area (Å²) in [5.41, 5.74) is 2.30. The largest absolute Gasteiger partial charge is 0.232 e. The fourth-order valence-corrected chi connectivity index (χ4v) is 1.94. The van der Waals surface area contributed by atoms with E-state index in [-0.39, 0.29) is 11.2 Å². The van der Waals surface area contributed by atoms with E-state index < -0.39 is 0 Å². The average molecular weight is 279 g/mol. The van der Waals surface area contributed by atoms with Crippen LogP contribution in [0, 0.1) is 12.7 Å². The maximum absolute atomic E-state index is 13.4. The Kier molecular flexibility index (Phi) is 3.59. The average Bonchev–Trinajstić information content (AvgIpc) is 2.30. The molecule has 2 rings (SSSR count). The molecule has 0 N–H and O–H groups in total. The van der Waals surface area contributed by atoms with Gasteiger partial charge in [-0.05, 0) is 30.7 Å². The third-order valence-corrected chi connectivity index (χ3v) is 3.10. The van der Waals surface area contributed by atoms with Gasteiger partial charge in [0, 0.05) is 11.0 Å². The highest BCUT2D eigenvalue weighted by Gasteiger charge is 2.18.